The van der Waals surface area contributed by atoms with Crippen LogP contribution in [0.25, 0.3) is 0 Å². The average Bonchev–Trinajstić information content (AvgIpc) is 2.93. The van der Waals surface area contributed by atoms with Gasteiger partial charge in [0.2, 0.25) is 21.8 Å². The van der Waals surface area contributed by atoms with Crippen molar-refractivity contribution in [2.24, 2.45) is 0 Å². The molecule has 7 nitrogen and oxygen atoms in total. The van der Waals surface area contributed by atoms with Crippen molar-refractivity contribution < 1.29 is 22.4 Å². The van der Waals surface area contributed by atoms with E-state index < -0.39 is 21.9 Å². The lowest BCUT2D eigenvalue weighted by Crippen LogP contribution is -2.50. The summed E-state index contributed by atoms with van der Waals surface area (Å²) in [5, 5.41) is 3.72. The molecule has 0 unspecified atom stereocenters. The van der Waals surface area contributed by atoms with Crippen molar-refractivity contribution in [3.8, 4) is 0 Å². The number of rotatable bonds is 14. The normalized spacial score (nSPS) is 12.0. The maximum Gasteiger partial charge on any atom is 0.243 e. The van der Waals surface area contributed by atoms with E-state index in [1.807, 2.05) is 37.3 Å². The van der Waals surface area contributed by atoms with Crippen LogP contribution in [-0.2, 0) is 32.6 Å². The molecule has 1 N–H and O–H groups in total. The highest BCUT2D eigenvalue weighted by molar-refractivity contribution is 7.92. The number of benzene rings is 3. The zero-order valence-electron chi connectivity index (χ0n) is 23.0. The van der Waals surface area contributed by atoms with Gasteiger partial charge in [-0.1, -0.05) is 66.5 Å². The molecule has 0 aromatic heterocycles. The third-order valence-electron chi connectivity index (χ3n) is 6.44. The van der Waals surface area contributed by atoms with Crippen molar-refractivity contribution in [3.05, 3.63) is 99.8 Å². The first-order valence-corrected chi connectivity index (χ1v) is 15.9. The second-order valence-electron chi connectivity index (χ2n) is 9.67. The Bertz CT molecular complexity index is 1420. The molecule has 0 heterocycles. The van der Waals surface area contributed by atoms with Gasteiger partial charge in [0, 0.05) is 42.5 Å². The van der Waals surface area contributed by atoms with Crippen molar-refractivity contribution in [2.45, 2.75) is 45.2 Å². The molecule has 3 aromatic carbocycles. The number of carbonyl (C=O) groups is 2. The van der Waals surface area contributed by atoms with Gasteiger partial charge < -0.3 is 10.2 Å². The molecule has 3 rings (SSSR count). The van der Waals surface area contributed by atoms with Gasteiger partial charge in [-0.25, -0.2) is 12.8 Å². The van der Waals surface area contributed by atoms with Gasteiger partial charge in [0.1, 0.15) is 11.9 Å². The minimum Gasteiger partial charge on any atom is -0.354 e. The van der Waals surface area contributed by atoms with Crippen LogP contribution in [0.2, 0.25) is 10.0 Å². The van der Waals surface area contributed by atoms with Crippen LogP contribution in [0.1, 0.15) is 37.3 Å². The van der Waals surface area contributed by atoms with Gasteiger partial charge in [-0.3, -0.25) is 13.9 Å². The van der Waals surface area contributed by atoms with Crippen LogP contribution in [-0.4, -0.2) is 50.5 Å². The number of hydrogen-bond acceptors (Lipinski definition) is 4. The quantitative estimate of drug-likeness (QED) is 0.245. The molecule has 0 aliphatic carbocycles. The Balaban J connectivity index is 1.89. The standard InChI is InChI=1S/C30H34Cl2FN3O4S/c1-3-17-34-30(38)28(19-22-8-5-4-6-9-22)35(21-23-11-12-24(31)20-27(23)32)29(37)10-7-18-36(41(2,39)40)26-15-13-25(33)14-16-26/h4-6,8-9,11-16,20,28H,3,7,10,17-19,21H2,1-2H3,(H,34,38)/t28-/m0/s1. The van der Waals surface area contributed by atoms with Gasteiger partial charge in [-0.15, -0.1) is 0 Å². The smallest absolute Gasteiger partial charge is 0.243 e. The fourth-order valence-corrected chi connectivity index (χ4v) is 5.80. The summed E-state index contributed by atoms with van der Waals surface area (Å²) >= 11 is 12.5. The van der Waals surface area contributed by atoms with E-state index in [0.717, 1.165) is 22.5 Å². The van der Waals surface area contributed by atoms with Crippen molar-refractivity contribution >= 4 is 50.7 Å². The summed E-state index contributed by atoms with van der Waals surface area (Å²) in [6, 6.07) is 18.6. The van der Waals surface area contributed by atoms with Crippen molar-refractivity contribution in [2.75, 3.05) is 23.7 Å². The molecule has 11 heteroatoms. The molecule has 0 radical (unpaired) electrons. The molecule has 0 aliphatic heterocycles. The van der Waals surface area contributed by atoms with Crippen molar-refractivity contribution in [3.63, 3.8) is 0 Å². The number of nitrogens with zero attached hydrogens (tertiary/aromatic N) is 2. The Labute approximate surface area is 251 Å². The second kappa shape index (κ2) is 15.2. The summed E-state index contributed by atoms with van der Waals surface area (Å²) in [5.74, 6) is -1.12. The summed E-state index contributed by atoms with van der Waals surface area (Å²) in [7, 11) is -3.70. The van der Waals surface area contributed by atoms with Gasteiger partial charge in [0.15, 0.2) is 0 Å². The number of halogens is 3. The topological polar surface area (TPSA) is 86.8 Å². The van der Waals surface area contributed by atoms with Gasteiger partial charge >= 0.3 is 0 Å². The molecule has 2 amide bonds. The van der Waals surface area contributed by atoms with Crippen LogP contribution >= 0.6 is 23.2 Å². The number of hydrogen-bond donors (Lipinski definition) is 1. The van der Waals surface area contributed by atoms with Crippen LogP contribution in [0.3, 0.4) is 0 Å². The van der Waals surface area contributed by atoms with Crippen LogP contribution in [0.4, 0.5) is 10.1 Å². The lowest BCUT2D eigenvalue weighted by molar-refractivity contribution is -0.141. The minimum absolute atomic E-state index is 0.00285. The van der Waals surface area contributed by atoms with Crippen LogP contribution in [0, 0.1) is 5.82 Å². The third-order valence-corrected chi connectivity index (χ3v) is 8.22. The van der Waals surface area contributed by atoms with Crippen LogP contribution in [0.5, 0.6) is 0 Å². The Hall–Kier alpha value is -3.14. The summed E-state index contributed by atoms with van der Waals surface area (Å²) < 4.78 is 39.5. The van der Waals surface area contributed by atoms with E-state index in [9.17, 15) is 22.4 Å². The zero-order valence-corrected chi connectivity index (χ0v) is 25.4. The molecule has 220 valence electrons. The first kappa shape index (κ1) is 32.4. The van der Waals surface area contributed by atoms with Crippen molar-refractivity contribution in [1.82, 2.24) is 10.2 Å². The SMILES string of the molecule is CCCNC(=O)[C@H](Cc1ccccc1)N(Cc1ccc(Cl)cc1Cl)C(=O)CCCN(c1ccc(F)cc1)S(C)(=O)=O. The van der Waals surface area contributed by atoms with E-state index in [2.05, 4.69) is 5.32 Å². The fourth-order valence-electron chi connectivity index (χ4n) is 4.36. The van der Waals surface area contributed by atoms with E-state index in [1.165, 1.54) is 29.2 Å². The molecule has 0 fully saturated rings. The maximum absolute atomic E-state index is 13.8. The Morgan fingerprint density at radius 3 is 2.29 bits per heavy atom. The second-order valence-corrected chi connectivity index (χ2v) is 12.4. The molecule has 41 heavy (non-hydrogen) atoms. The van der Waals surface area contributed by atoms with E-state index >= 15 is 0 Å². The van der Waals surface area contributed by atoms with Gasteiger partial charge in [-0.2, -0.15) is 0 Å². The predicted molar refractivity (Wildman–Crippen MR) is 162 cm³/mol. The lowest BCUT2D eigenvalue weighted by atomic mass is 10.0. The number of nitrogens with one attached hydrogen (secondary N) is 1. The number of anilines is 1. The number of amides is 2. The summed E-state index contributed by atoms with van der Waals surface area (Å²) in [6.07, 6.45) is 2.19. The predicted octanol–water partition coefficient (Wildman–Crippen LogP) is 5.85. The van der Waals surface area contributed by atoms with Gasteiger partial charge in [0.05, 0.1) is 11.9 Å². The molecule has 0 aliphatic rings. The molecule has 3 aromatic rings. The number of sulfonamides is 1. The Morgan fingerprint density at radius 1 is 1.00 bits per heavy atom. The molecule has 0 saturated heterocycles. The molecule has 1 atom stereocenters. The largest absolute Gasteiger partial charge is 0.354 e. The molecule has 0 spiro atoms. The minimum atomic E-state index is -3.70. The average molecular weight is 623 g/mol. The zero-order chi connectivity index (χ0) is 30.0. The first-order chi connectivity index (χ1) is 19.5. The van der Waals surface area contributed by atoms with Gasteiger partial charge in [0.25, 0.3) is 0 Å². The van der Waals surface area contributed by atoms with E-state index in [4.69, 9.17) is 23.2 Å². The summed E-state index contributed by atoms with van der Waals surface area (Å²) in [5.41, 5.74) is 1.80. The van der Waals surface area contributed by atoms with Gasteiger partial charge in [-0.05, 0) is 60.4 Å². The van der Waals surface area contributed by atoms with Crippen LogP contribution in [0.15, 0.2) is 72.8 Å². The van der Waals surface area contributed by atoms with E-state index in [-0.39, 0.29) is 44.2 Å². The molecule has 0 bridgehead atoms. The molecular weight excluding hydrogens is 588 g/mol. The molecule has 0 saturated carbocycles. The highest BCUT2D eigenvalue weighted by Gasteiger charge is 2.31. The highest BCUT2D eigenvalue weighted by atomic mass is 35.5. The van der Waals surface area contributed by atoms with Crippen LogP contribution < -0.4 is 9.62 Å². The summed E-state index contributed by atoms with van der Waals surface area (Å²) in [6.45, 7) is 2.45. The molecular formula is C30H34Cl2FN3O4S. The fraction of sp³-hybridized carbons (Fsp3) is 0.333. The van der Waals surface area contributed by atoms with Crippen molar-refractivity contribution in [1.29, 1.82) is 0 Å². The Kier molecular flexibility index (Phi) is 12.0. The first-order valence-electron chi connectivity index (χ1n) is 13.3. The summed E-state index contributed by atoms with van der Waals surface area (Å²) in [4.78, 5) is 28.7. The Morgan fingerprint density at radius 2 is 1.68 bits per heavy atom. The monoisotopic (exact) mass is 621 g/mol. The highest BCUT2D eigenvalue weighted by Crippen LogP contribution is 2.25. The maximum atomic E-state index is 13.8. The van der Waals surface area contributed by atoms with E-state index in [0.29, 0.717) is 27.8 Å². The third kappa shape index (κ3) is 9.73. The number of carbonyl (C=O) groups excluding carboxylic acids is 2. The van der Waals surface area contributed by atoms with E-state index in [1.54, 1.807) is 18.2 Å². The lowest BCUT2D eigenvalue weighted by Gasteiger charge is -2.32.